The van der Waals surface area contributed by atoms with Crippen molar-refractivity contribution in [3.8, 4) is 0 Å². The number of ketones is 1. The highest BCUT2D eigenvalue weighted by molar-refractivity contribution is 6.13. The van der Waals surface area contributed by atoms with Crippen LogP contribution in [0.1, 0.15) is 27.0 Å². The Morgan fingerprint density at radius 3 is 2.35 bits per heavy atom. The topological polar surface area (TPSA) is 72.2 Å². The van der Waals surface area contributed by atoms with Gasteiger partial charge in [-0.25, -0.2) is 0 Å². The number of carbonyl (C=O) groups excluding carboxylic acids is 1. The van der Waals surface area contributed by atoms with E-state index in [1.165, 1.54) is 12.1 Å². The fourth-order valence-corrected chi connectivity index (χ4v) is 2.75. The van der Waals surface area contributed by atoms with Crippen molar-refractivity contribution in [3.63, 3.8) is 0 Å². The fraction of sp³-hybridized carbons (Fsp3) is 0.0952. The van der Waals surface area contributed by atoms with Crippen LogP contribution in [0.2, 0.25) is 0 Å². The number of rotatable bonds is 5. The molecule has 3 aromatic rings. The Hall–Kier alpha value is -3.47. The number of aryl methyl sites for hydroxylation is 2. The number of carbonyl (C=O) groups is 1. The molecule has 130 valence electrons. The van der Waals surface area contributed by atoms with Crippen molar-refractivity contribution in [3.05, 3.63) is 99.1 Å². The molecule has 0 heterocycles. The highest BCUT2D eigenvalue weighted by atomic mass is 16.6. The number of nitro groups is 1. The standard InChI is InChI=1S/C21H18N2O3/c1-14-8-9-15(2)18(12-14)21(24)19-13-17(23(25)26)10-11-20(19)22-16-6-4-3-5-7-16/h3-13,22H,1-2H3. The lowest BCUT2D eigenvalue weighted by Crippen LogP contribution is -2.08. The number of para-hydroxylation sites is 1. The lowest BCUT2D eigenvalue weighted by atomic mass is 9.96. The van der Waals surface area contributed by atoms with E-state index >= 15 is 0 Å². The zero-order valence-corrected chi connectivity index (χ0v) is 14.5. The Kier molecular flexibility index (Phi) is 4.80. The van der Waals surface area contributed by atoms with Gasteiger partial charge in [0, 0.05) is 23.4 Å². The van der Waals surface area contributed by atoms with E-state index in [2.05, 4.69) is 5.32 Å². The van der Waals surface area contributed by atoms with E-state index in [4.69, 9.17) is 0 Å². The van der Waals surface area contributed by atoms with Crippen molar-refractivity contribution in [2.24, 2.45) is 0 Å². The fourth-order valence-electron chi connectivity index (χ4n) is 2.75. The van der Waals surface area contributed by atoms with Gasteiger partial charge in [0.15, 0.2) is 5.78 Å². The van der Waals surface area contributed by atoms with Crippen molar-refractivity contribution in [1.29, 1.82) is 0 Å². The minimum absolute atomic E-state index is 0.114. The van der Waals surface area contributed by atoms with Gasteiger partial charge >= 0.3 is 0 Å². The van der Waals surface area contributed by atoms with Gasteiger partial charge in [-0.15, -0.1) is 0 Å². The molecule has 0 radical (unpaired) electrons. The number of hydrogen-bond acceptors (Lipinski definition) is 4. The second-order valence-electron chi connectivity index (χ2n) is 6.13. The van der Waals surface area contributed by atoms with Crippen molar-refractivity contribution in [2.45, 2.75) is 13.8 Å². The number of non-ortho nitro benzene ring substituents is 1. The van der Waals surface area contributed by atoms with Crippen molar-refractivity contribution in [1.82, 2.24) is 0 Å². The molecule has 26 heavy (non-hydrogen) atoms. The first-order valence-corrected chi connectivity index (χ1v) is 8.18. The number of anilines is 2. The lowest BCUT2D eigenvalue weighted by molar-refractivity contribution is -0.384. The van der Waals surface area contributed by atoms with Gasteiger partial charge in [0.25, 0.3) is 5.69 Å². The van der Waals surface area contributed by atoms with Crippen LogP contribution in [0.3, 0.4) is 0 Å². The van der Waals surface area contributed by atoms with Gasteiger partial charge in [-0.05, 0) is 43.7 Å². The third-order valence-corrected chi connectivity index (χ3v) is 4.15. The highest BCUT2D eigenvalue weighted by Crippen LogP contribution is 2.28. The Labute approximate surface area is 151 Å². The summed E-state index contributed by atoms with van der Waals surface area (Å²) >= 11 is 0. The summed E-state index contributed by atoms with van der Waals surface area (Å²) in [7, 11) is 0. The van der Waals surface area contributed by atoms with Crippen LogP contribution in [0.5, 0.6) is 0 Å². The van der Waals surface area contributed by atoms with Gasteiger partial charge in [0.1, 0.15) is 0 Å². The van der Waals surface area contributed by atoms with Gasteiger partial charge in [0.05, 0.1) is 16.2 Å². The third kappa shape index (κ3) is 3.62. The molecule has 3 rings (SSSR count). The number of hydrogen-bond donors (Lipinski definition) is 1. The van der Waals surface area contributed by atoms with Crippen LogP contribution in [-0.4, -0.2) is 10.7 Å². The normalized spacial score (nSPS) is 10.4. The zero-order valence-electron chi connectivity index (χ0n) is 14.5. The predicted octanol–water partition coefficient (Wildman–Crippen LogP) is 5.19. The van der Waals surface area contributed by atoms with E-state index in [-0.39, 0.29) is 17.0 Å². The number of benzene rings is 3. The summed E-state index contributed by atoms with van der Waals surface area (Å²) in [4.78, 5) is 23.8. The molecule has 0 atom stereocenters. The van der Waals surface area contributed by atoms with E-state index in [1.54, 1.807) is 6.07 Å². The summed E-state index contributed by atoms with van der Waals surface area (Å²) in [6.07, 6.45) is 0. The largest absolute Gasteiger partial charge is 0.355 e. The maximum absolute atomic E-state index is 13.1. The van der Waals surface area contributed by atoms with E-state index in [0.29, 0.717) is 11.3 Å². The minimum atomic E-state index is -0.494. The maximum Gasteiger partial charge on any atom is 0.270 e. The van der Waals surface area contributed by atoms with Crippen molar-refractivity contribution < 1.29 is 9.72 Å². The number of nitrogens with one attached hydrogen (secondary N) is 1. The molecule has 0 bridgehead atoms. The van der Waals surface area contributed by atoms with Crippen LogP contribution in [0.4, 0.5) is 17.1 Å². The summed E-state index contributed by atoms with van der Waals surface area (Å²) < 4.78 is 0. The zero-order chi connectivity index (χ0) is 18.7. The molecule has 5 nitrogen and oxygen atoms in total. The molecule has 0 amide bonds. The van der Waals surface area contributed by atoms with Crippen molar-refractivity contribution >= 4 is 22.8 Å². The lowest BCUT2D eigenvalue weighted by Gasteiger charge is -2.13. The Morgan fingerprint density at radius 2 is 1.65 bits per heavy atom. The minimum Gasteiger partial charge on any atom is -0.355 e. The van der Waals surface area contributed by atoms with Gasteiger partial charge in [-0.1, -0.05) is 35.9 Å². The van der Waals surface area contributed by atoms with Gasteiger partial charge < -0.3 is 5.32 Å². The number of nitro benzene ring substituents is 1. The first kappa shape index (κ1) is 17.4. The van der Waals surface area contributed by atoms with Crippen LogP contribution >= 0.6 is 0 Å². The van der Waals surface area contributed by atoms with Crippen LogP contribution in [-0.2, 0) is 0 Å². The molecule has 0 aliphatic carbocycles. The van der Waals surface area contributed by atoms with Crippen LogP contribution in [0, 0.1) is 24.0 Å². The van der Waals surface area contributed by atoms with Gasteiger partial charge in [0.2, 0.25) is 0 Å². The highest BCUT2D eigenvalue weighted by Gasteiger charge is 2.20. The summed E-state index contributed by atoms with van der Waals surface area (Å²) in [6, 6.07) is 19.3. The summed E-state index contributed by atoms with van der Waals surface area (Å²) in [5.74, 6) is -0.242. The molecule has 0 saturated heterocycles. The second kappa shape index (κ2) is 7.19. The average Bonchev–Trinajstić information content (AvgIpc) is 2.64. The predicted molar refractivity (Wildman–Crippen MR) is 102 cm³/mol. The van der Waals surface area contributed by atoms with E-state index in [1.807, 2.05) is 62.4 Å². The van der Waals surface area contributed by atoms with Crippen molar-refractivity contribution in [2.75, 3.05) is 5.32 Å². The molecule has 1 N–H and O–H groups in total. The summed E-state index contributed by atoms with van der Waals surface area (Å²) in [5, 5.41) is 14.4. The first-order chi connectivity index (χ1) is 12.5. The first-order valence-electron chi connectivity index (χ1n) is 8.18. The van der Waals surface area contributed by atoms with E-state index in [0.717, 1.165) is 16.8 Å². The SMILES string of the molecule is Cc1ccc(C)c(C(=O)c2cc([N+](=O)[O-])ccc2Nc2ccccc2)c1. The molecule has 5 heteroatoms. The molecular formula is C21H18N2O3. The smallest absolute Gasteiger partial charge is 0.270 e. The molecule has 0 fully saturated rings. The molecule has 0 aliphatic rings. The van der Waals surface area contributed by atoms with Crippen LogP contribution in [0.25, 0.3) is 0 Å². The maximum atomic E-state index is 13.1. The summed E-state index contributed by atoms with van der Waals surface area (Å²) in [5.41, 5.74) is 3.83. The molecular weight excluding hydrogens is 328 g/mol. The second-order valence-corrected chi connectivity index (χ2v) is 6.13. The molecule has 0 spiro atoms. The van der Waals surface area contributed by atoms with Gasteiger partial charge in [-0.3, -0.25) is 14.9 Å². The Bertz CT molecular complexity index is 982. The molecule has 0 aromatic heterocycles. The quantitative estimate of drug-likeness (QED) is 0.392. The monoisotopic (exact) mass is 346 g/mol. The summed E-state index contributed by atoms with van der Waals surface area (Å²) in [6.45, 7) is 3.76. The average molecular weight is 346 g/mol. The Balaban J connectivity index is 2.10. The molecule has 3 aromatic carbocycles. The van der Waals surface area contributed by atoms with Crippen LogP contribution in [0.15, 0.2) is 66.7 Å². The van der Waals surface area contributed by atoms with E-state index in [9.17, 15) is 14.9 Å². The Morgan fingerprint density at radius 1 is 0.923 bits per heavy atom. The third-order valence-electron chi connectivity index (χ3n) is 4.15. The van der Waals surface area contributed by atoms with E-state index < -0.39 is 4.92 Å². The van der Waals surface area contributed by atoms with Crippen LogP contribution < -0.4 is 5.32 Å². The number of nitrogens with zero attached hydrogens (tertiary/aromatic N) is 1. The molecule has 0 unspecified atom stereocenters. The van der Waals surface area contributed by atoms with Gasteiger partial charge in [-0.2, -0.15) is 0 Å². The molecule has 0 saturated carbocycles. The molecule has 0 aliphatic heterocycles.